The SMILES string of the molecule is CCNC(Cn1ccc(C)n1)C(=O)O. The second kappa shape index (κ2) is 4.76. The van der Waals surface area contributed by atoms with E-state index >= 15 is 0 Å². The van der Waals surface area contributed by atoms with Crippen molar-refractivity contribution >= 4 is 5.97 Å². The van der Waals surface area contributed by atoms with Crippen LogP contribution in [0.2, 0.25) is 0 Å². The van der Waals surface area contributed by atoms with Crippen molar-refractivity contribution in [1.29, 1.82) is 0 Å². The molecule has 0 amide bonds. The van der Waals surface area contributed by atoms with Gasteiger partial charge in [0.05, 0.1) is 12.2 Å². The number of carboxylic acid groups (broad SMARTS) is 1. The Morgan fingerprint density at radius 1 is 1.79 bits per heavy atom. The summed E-state index contributed by atoms with van der Waals surface area (Å²) in [5, 5.41) is 15.9. The van der Waals surface area contributed by atoms with Gasteiger partial charge in [0, 0.05) is 6.20 Å². The van der Waals surface area contributed by atoms with E-state index in [2.05, 4.69) is 10.4 Å². The van der Waals surface area contributed by atoms with Gasteiger partial charge in [-0.1, -0.05) is 6.92 Å². The van der Waals surface area contributed by atoms with E-state index in [0.717, 1.165) is 5.69 Å². The fraction of sp³-hybridized carbons (Fsp3) is 0.556. The number of hydrogen-bond donors (Lipinski definition) is 2. The maximum atomic E-state index is 10.8. The minimum absolute atomic E-state index is 0.358. The van der Waals surface area contributed by atoms with Crippen LogP contribution in [-0.4, -0.2) is 33.4 Å². The molecule has 0 saturated heterocycles. The van der Waals surface area contributed by atoms with Crippen LogP contribution >= 0.6 is 0 Å². The average molecular weight is 197 g/mol. The van der Waals surface area contributed by atoms with Crippen LogP contribution in [0.15, 0.2) is 12.3 Å². The lowest BCUT2D eigenvalue weighted by atomic mass is 10.3. The summed E-state index contributed by atoms with van der Waals surface area (Å²) in [5.41, 5.74) is 0.894. The molecule has 0 fully saturated rings. The Kier molecular flexibility index (Phi) is 3.64. The van der Waals surface area contributed by atoms with Crippen LogP contribution in [0.3, 0.4) is 0 Å². The Bertz CT molecular complexity index is 309. The molecule has 0 spiro atoms. The van der Waals surface area contributed by atoms with E-state index in [0.29, 0.717) is 13.1 Å². The van der Waals surface area contributed by atoms with Crippen LogP contribution in [0.5, 0.6) is 0 Å². The van der Waals surface area contributed by atoms with Gasteiger partial charge in [0.1, 0.15) is 6.04 Å². The zero-order chi connectivity index (χ0) is 10.6. The first-order valence-corrected chi connectivity index (χ1v) is 4.59. The fourth-order valence-corrected chi connectivity index (χ4v) is 1.23. The van der Waals surface area contributed by atoms with Gasteiger partial charge in [0.25, 0.3) is 0 Å². The first-order chi connectivity index (χ1) is 6.63. The summed E-state index contributed by atoms with van der Waals surface area (Å²) in [6.45, 7) is 4.75. The molecule has 0 bridgehead atoms. The topological polar surface area (TPSA) is 67.2 Å². The van der Waals surface area contributed by atoms with Crippen molar-refractivity contribution in [2.24, 2.45) is 0 Å². The third-order valence-electron chi connectivity index (χ3n) is 1.89. The molecule has 5 heteroatoms. The highest BCUT2D eigenvalue weighted by molar-refractivity contribution is 5.73. The predicted molar refractivity (Wildman–Crippen MR) is 52.1 cm³/mol. The highest BCUT2D eigenvalue weighted by Crippen LogP contribution is 1.95. The van der Waals surface area contributed by atoms with Crippen LogP contribution < -0.4 is 5.32 Å². The number of carboxylic acids is 1. The van der Waals surface area contributed by atoms with Gasteiger partial charge in [-0.25, -0.2) is 0 Å². The lowest BCUT2D eigenvalue weighted by Crippen LogP contribution is -2.40. The highest BCUT2D eigenvalue weighted by atomic mass is 16.4. The maximum Gasteiger partial charge on any atom is 0.322 e. The van der Waals surface area contributed by atoms with Gasteiger partial charge in [-0.2, -0.15) is 5.10 Å². The molecular weight excluding hydrogens is 182 g/mol. The third-order valence-corrected chi connectivity index (χ3v) is 1.89. The van der Waals surface area contributed by atoms with Crippen molar-refractivity contribution in [1.82, 2.24) is 15.1 Å². The molecule has 1 unspecified atom stereocenters. The van der Waals surface area contributed by atoms with E-state index in [1.54, 1.807) is 10.9 Å². The summed E-state index contributed by atoms with van der Waals surface area (Å²) in [5.74, 6) is -0.847. The van der Waals surface area contributed by atoms with Crippen molar-refractivity contribution < 1.29 is 9.90 Å². The second-order valence-corrected chi connectivity index (χ2v) is 3.13. The fourth-order valence-electron chi connectivity index (χ4n) is 1.23. The van der Waals surface area contributed by atoms with E-state index in [1.165, 1.54) is 0 Å². The Labute approximate surface area is 82.7 Å². The zero-order valence-corrected chi connectivity index (χ0v) is 8.40. The summed E-state index contributed by atoms with van der Waals surface area (Å²) < 4.78 is 1.64. The number of rotatable bonds is 5. The standard InChI is InChI=1S/C9H15N3O2/c1-3-10-8(9(13)14)6-12-5-4-7(2)11-12/h4-5,8,10H,3,6H2,1-2H3,(H,13,14). The summed E-state index contributed by atoms with van der Waals surface area (Å²) >= 11 is 0. The number of likely N-dealkylation sites (N-methyl/N-ethyl adjacent to an activating group) is 1. The Morgan fingerprint density at radius 3 is 2.93 bits per heavy atom. The minimum atomic E-state index is -0.847. The molecule has 0 aliphatic heterocycles. The van der Waals surface area contributed by atoms with E-state index in [4.69, 9.17) is 5.11 Å². The normalized spacial score (nSPS) is 12.7. The Morgan fingerprint density at radius 2 is 2.50 bits per heavy atom. The monoisotopic (exact) mass is 197 g/mol. The number of nitrogens with one attached hydrogen (secondary N) is 1. The van der Waals surface area contributed by atoms with E-state index in [-0.39, 0.29) is 0 Å². The Hall–Kier alpha value is -1.36. The second-order valence-electron chi connectivity index (χ2n) is 3.13. The molecule has 0 saturated carbocycles. The van der Waals surface area contributed by atoms with Gasteiger partial charge in [-0.05, 0) is 19.5 Å². The number of carbonyl (C=O) groups is 1. The predicted octanol–water partition coefficient (Wildman–Crippen LogP) is 0.254. The molecular formula is C9H15N3O2. The molecule has 0 radical (unpaired) electrons. The molecule has 5 nitrogen and oxygen atoms in total. The summed E-state index contributed by atoms with van der Waals surface area (Å²) in [4.78, 5) is 10.8. The molecule has 0 aromatic carbocycles. The zero-order valence-electron chi connectivity index (χ0n) is 8.40. The first-order valence-electron chi connectivity index (χ1n) is 4.59. The van der Waals surface area contributed by atoms with Crippen molar-refractivity contribution in [3.05, 3.63) is 18.0 Å². The lowest BCUT2D eigenvalue weighted by Gasteiger charge is -2.12. The van der Waals surface area contributed by atoms with Crippen LogP contribution in [0.25, 0.3) is 0 Å². The lowest BCUT2D eigenvalue weighted by molar-refractivity contribution is -0.139. The maximum absolute atomic E-state index is 10.8. The molecule has 1 aromatic rings. The summed E-state index contributed by atoms with van der Waals surface area (Å²) in [6, 6.07) is 1.28. The smallest absolute Gasteiger partial charge is 0.322 e. The number of aliphatic carboxylic acids is 1. The van der Waals surface area contributed by atoms with Crippen molar-refractivity contribution in [2.75, 3.05) is 6.54 Å². The molecule has 1 heterocycles. The molecule has 1 aromatic heterocycles. The molecule has 0 aliphatic rings. The molecule has 0 aliphatic carbocycles. The first kappa shape index (κ1) is 10.7. The quantitative estimate of drug-likeness (QED) is 0.710. The summed E-state index contributed by atoms with van der Waals surface area (Å²) in [6.07, 6.45) is 1.78. The van der Waals surface area contributed by atoms with Gasteiger partial charge in [-0.15, -0.1) is 0 Å². The molecule has 78 valence electrons. The molecule has 1 atom stereocenters. The van der Waals surface area contributed by atoms with Crippen LogP contribution in [0.4, 0.5) is 0 Å². The molecule has 2 N–H and O–H groups in total. The van der Waals surface area contributed by atoms with Gasteiger partial charge < -0.3 is 10.4 Å². The van der Waals surface area contributed by atoms with E-state index < -0.39 is 12.0 Å². The number of aromatic nitrogens is 2. The van der Waals surface area contributed by atoms with Crippen molar-refractivity contribution in [2.45, 2.75) is 26.4 Å². The van der Waals surface area contributed by atoms with E-state index in [9.17, 15) is 4.79 Å². The van der Waals surface area contributed by atoms with Crippen LogP contribution in [0, 0.1) is 6.92 Å². The summed E-state index contributed by atoms with van der Waals surface area (Å²) in [7, 11) is 0. The van der Waals surface area contributed by atoms with Crippen molar-refractivity contribution in [3.63, 3.8) is 0 Å². The van der Waals surface area contributed by atoms with Crippen LogP contribution in [-0.2, 0) is 11.3 Å². The Balaban J connectivity index is 2.59. The molecule has 1 rings (SSSR count). The van der Waals surface area contributed by atoms with E-state index in [1.807, 2.05) is 19.9 Å². The van der Waals surface area contributed by atoms with Crippen molar-refractivity contribution in [3.8, 4) is 0 Å². The molecule has 14 heavy (non-hydrogen) atoms. The number of hydrogen-bond acceptors (Lipinski definition) is 3. The number of aryl methyl sites for hydroxylation is 1. The highest BCUT2D eigenvalue weighted by Gasteiger charge is 2.16. The largest absolute Gasteiger partial charge is 0.480 e. The van der Waals surface area contributed by atoms with Gasteiger partial charge in [0.2, 0.25) is 0 Å². The van der Waals surface area contributed by atoms with Gasteiger partial charge in [-0.3, -0.25) is 9.48 Å². The third kappa shape index (κ3) is 2.85. The van der Waals surface area contributed by atoms with Gasteiger partial charge >= 0.3 is 5.97 Å². The number of nitrogens with zero attached hydrogens (tertiary/aromatic N) is 2. The van der Waals surface area contributed by atoms with Gasteiger partial charge in [0.15, 0.2) is 0 Å². The average Bonchev–Trinajstić information content (AvgIpc) is 2.50. The minimum Gasteiger partial charge on any atom is -0.480 e. The van der Waals surface area contributed by atoms with Crippen LogP contribution in [0.1, 0.15) is 12.6 Å².